The third-order valence-electron chi connectivity index (χ3n) is 4.55. The van der Waals surface area contributed by atoms with Crippen molar-refractivity contribution < 1.29 is 13.9 Å². The van der Waals surface area contributed by atoms with Crippen LogP contribution in [-0.4, -0.2) is 25.9 Å². The van der Waals surface area contributed by atoms with Crippen LogP contribution in [-0.2, 0) is 11.2 Å². The molecule has 0 heterocycles. The van der Waals surface area contributed by atoms with Crippen LogP contribution in [0.2, 0.25) is 10.0 Å². The molecule has 33 heavy (non-hydrogen) atoms. The molecule has 0 aliphatic carbocycles. The summed E-state index contributed by atoms with van der Waals surface area (Å²) in [7, 11) is 3.75. The van der Waals surface area contributed by atoms with Crippen LogP contribution in [0.1, 0.15) is 16.7 Å². The fourth-order valence-corrected chi connectivity index (χ4v) is 3.33. The van der Waals surface area contributed by atoms with Crippen molar-refractivity contribution in [1.29, 1.82) is 16.1 Å². The largest absolute Gasteiger partial charge is 0.453 e. The van der Waals surface area contributed by atoms with Gasteiger partial charge in [-0.05, 0) is 42.5 Å². The summed E-state index contributed by atoms with van der Waals surface area (Å²) < 4.78 is 26.0. The Hall–Kier alpha value is -3.60. The number of halogens is 3. The Labute approximate surface area is 200 Å². The lowest BCUT2D eigenvalue weighted by Gasteiger charge is -2.15. The molecule has 0 spiro atoms. The highest BCUT2D eigenvalue weighted by molar-refractivity contribution is 6.32. The van der Waals surface area contributed by atoms with Crippen molar-refractivity contribution >= 4 is 40.7 Å². The van der Waals surface area contributed by atoms with Crippen molar-refractivity contribution in [1.82, 2.24) is 0 Å². The Morgan fingerprint density at radius 3 is 2.55 bits per heavy atom. The van der Waals surface area contributed by atoms with Crippen LogP contribution in [0.25, 0.3) is 0 Å². The topological polar surface area (TPSA) is 93.2 Å². The van der Waals surface area contributed by atoms with E-state index in [0.29, 0.717) is 5.56 Å². The van der Waals surface area contributed by atoms with E-state index in [4.69, 9.17) is 48.8 Å². The van der Waals surface area contributed by atoms with Crippen molar-refractivity contribution in [2.24, 2.45) is 0 Å². The third-order valence-corrected chi connectivity index (χ3v) is 5.07. The number of rotatable bonds is 6. The van der Waals surface area contributed by atoms with Gasteiger partial charge in [0.2, 0.25) is 5.90 Å². The van der Waals surface area contributed by atoms with Crippen LogP contribution in [0, 0.1) is 28.0 Å². The van der Waals surface area contributed by atoms with Gasteiger partial charge in [0.05, 0.1) is 23.1 Å². The third kappa shape index (κ3) is 6.01. The smallest absolute Gasteiger partial charge is 0.220 e. The highest BCUT2D eigenvalue weighted by atomic mass is 35.5. The maximum atomic E-state index is 15.1. The molecule has 3 rings (SSSR count). The van der Waals surface area contributed by atoms with Gasteiger partial charge in [0.25, 0.3) is 0 Å². The number of hydrogen-bond acceptors (Lipinski definition) is 6. The van der Waals surface area contributed by atoms with E-state index in [2.05, 4.69) is 0 Å². The fraction of sp³-hybridized carbons (Fsp3) is 0.125. The van der Waals surface area contributed by atoms with Gasteiger partial charge < -0.3 is 14.4 Å². The van der Waals surface area contributed by atoms with E-state index < -0.39 is 5.82 Å². The predicted octanol–water partition coefficient (Wildman–Crippen LogP) is 6.42. The monoisotopic (exact) mass is 484 g/mol. The fourth-order valence-electron chi connectivity index (χ4n) is 2.92. The average molecular weight is 485 g/mol. The minimum absolute atomic E-state index is 0.00965. The summed E-state index contributed by atoms with van der Waals surface area (Å²) in [6.07, 6.45) is -0.228. The van der Waals surface area contributed by atoms with Crippen molar-refractivity contribution in [3.8, 4) is 17.6 Å². The summed E-state index contributed by atoms with van der Waals surface area (Å²) >= 11 is 12.1. The predicted molar refractivity (Wildman–Crippen MR) is 128 cm³/mol. The molecule has 0 saturated carbocycles. The maximum absolute atomic E-state index is 15.1. The molecule has 9 heteroatoms. The number of nitrogens with one attached hydrogen (secondary N) is 2. The van der Waals surface area contributed by atoms with Crippen LogP contribution in [0.15, 0.2) is 54.6 Å². The van der Waals surface area contributed by atoms with Gasteiger partial charge in [0.15, 0.2) is 17.5 Å². The highest BCUT2D eigenvalue weighted by Crippen LogP contribution is 2.35. The summed E-state index contributed by atoms with van der Waals surface area (Å²) in [4.78, 5) is 1.88. The number of nitriles is 1. The molecule has 0 bridgehead atoms. The summed E-state index contributed by atoms with van der Waals surface area (Å²) in [5.41, 5.74) is 1.70. The van der Waals surface area contributed by atoms with Crippen LogP contribution in [0.4, 0.5) is 10.1 Å². The van der Waals surface area contributed by atoms with Crippen LogP contribution in [0.3, 0.4) is 0 Å². The number of ether oxygens (including phenoxy) is 2. The number of hydrogen-bond donors (Lipinski definition) is 2. The van der Waals surface area contributed by atoms with Gasteiger partial charge in [-0.2, -0.15) is 5.26 Å². The Bertz CT molecular complexity index is 1270. The Balaban J connectivity index is 1.77. The zero-order valence-electron chi connectivity index (χ0n) is 17.7. The highest BCUT2D eigenvalue weighted by Gasteiger charge is 2.18. The molecule has 3 aromatic carbocycles. The SMILES string of the molecule is CN(C)c1cccc(C(=N)OC(=N)Cc2ccc(Cl)c(Oc3cc(Cl)cc(C#N)c3)c2F)c1. The van der Waals surface area contributed by atoms with Gasteiger partial charge in [0.1, 0.15) is 5.75 Å². The van der Waals surface area contributed by atoms with Crippen LogP contribution < -0.4 is 9.64 Å². The average Bonchev–Trinajstić information content (AvgIpc) is 2.78. The molecular weight excluding hydrogens is 466 g/mol. The van der Waals surface area contributed by atoms with E-state index in [1.165, 1.54) is 30.3 Å². The van der Waals surface area contributed by atoms with E-state index in [1.54, 1.807) is 18.2 Å². The zero-order chi connectivity index (χ0) is 24.1. The number of anilines is 1. The van der Waals surface area contributed by atoms with E-state index in [9.17, 15) is 0 Å². The molecular formula is C24H19Cl2FN4O2. The van der Waals surface area contributed by atoms with Gasteiger partial charge in [0, 0.05) is 35.9 Å². The van der Waals surface area contributed by atoms with Gasteiger partial charge in [-0.1, -0.05) is 35.3 Å². The lowest BCUT2D eigenvalue weighted by Crippen LogP contribution is -2.16. The molecule has 0 unspecified atom stereocenters. The first-order valence-corrected chi connectivity index (χ1v) is 10.4. The number of benzene rings is 3. The van der Waals surface area contributed by atoms with E-state index >= 15 is 4.39 Å². The lowest BCUT2D eigenvalue weighted by molar-refractivity contribution is 0.438. The second-order valence-electron chi connectivity index (χ2n) is 7.21. The van der Waals surface area contributed by atoms with Gasteiger partial charge in [-0.25, -0.2) is 4.39 Å². The van der Waals surface area contributed by atoms with Crippen molar-refractivity contribution in [3.05, 3.63) is 87.2 Å². The van der Waals surface area contributed by atoms with E-state index in [1.807, 2.05) is 31.1 Å². The molecule has 0 radical (unpaired) electrons. The minimum atomic E-state index is -0.782. The normalized spacial score (nSPS) is 10.3. The van der Waals surface area contributed by atoms with Gasteiger partial charge >= 0.3 is 0 Å². The molecule has 0 atom stereocenters. The molecule has 0 aliphatic rings. The Kier molecular flexibility index (Phi) is 7.54. The van der Waals surface area contributed by atoms with E-state index in [0.717, 1.165) is 5.69 Å². The second-order valence-corrected chi connectivity index (χ2v) is 8.06. The molecule has 3 aromatic rings. The lowest BCUT2D eigenvalue weighted by atomic mass is 10.1. The summed E-state index contributed by atoms with van der Waals surface area (Å²) in [6, 6.07) is 16.2. The maximum Gasteiger partial charge on any atom is 0.220 e. The van der Waals surface area contributed by atoms with E-state index in [-0.39, 0.29) is 50.9 Å². The summed E-state index contributed by atoms with van der Waals surface area (Å²) in [5.74, 6) is -1.45. The Morgan fingerprint density at radius 2 is 1.85 bits per heavy atom. The molecule has 6 nitrogen and oxygen atoms in total. The number of nitrogens with zero attached hydrogens (tertiary/aromatic N) is 2. The quantitative estimate of drug-likeness (QED) is 0.311. The molecule has 0 aliphatic heterocycles. The minimum Gasteiger partial charge on any atom is -0.453 e. The molecule has 0 aromatic heterocycles. The molecule has 0 fully saturated rings. The second kappa shape index (κ2) is 10.3. The van der Waals surface area contributed by atoms with Crippen molar-refractivity contribution in [2.45, 2.75) is 6.42 Å². The first-order chi connectivity index (χ1) is 15.7. The first-order valence-electron chi connectivity index (χ1n) is 9.65. The van der Waals surface area contributed by atoms with Crippen molar-refractivity contribution in [2.75, 3.05) is 19.0 Å². The molecule has 0 saturated heterocycles. The zero-order valence-corrected chi connectivity index (χ0v) is 19.3. The first kappa shape index (κ1) is 24.1. The molecule has 0 amide bonds. The molecule has 2 N–H and O–H groups in total. The van der Waals surface area contributed by atoms with Crippen LogP contribution >= 0.6 is 23.2 Å². The van der Waals surface area contributed by atoms with Gasteiger partial charge in [-0.3, -0.25) is 10.8 Å². The van der Waals surface area contributed by atoms with Crippen molar-refractivity contribution in [3.63, 3.8) is 0 Å². The standard InChI is InChI=1S/C24H19Cl2FN4O2/c1-31(2)18-5-3-4-16(10-18)24(30)33-21(29)11-15-6-7-20(26)23(22(15)27)32-19-9-14(13-28)8-17(25)12-19/h3-10,12,29-30H,11H2,1-2H3. The van der Waals surface area contributed by atoms with Crippen LogP contribution in [0.5, 0.6) is 11.5 Å². The van der Waals surface area contributed by atoms with Gasteiger partial charge in [-0.15, -0.1) is 0 Å². The Morgan fingerprint density at radius 1 is 1.09 bits per heavy atom. The molecule has 168 valence electrons. The summed E-state index contributed by atoms with van der Waals surface area (Å²) in [6.45, 7) is 0. The summed E-state index contributed by atoms with van der Waals surface area (Å²) in [5, 5.41) is 25.6.